The van der Waals surface area contributed by atoms with E-state index in [1.807, 2.05) is 0 Å². The van der Waals surface area contributed by atoms with Crippen molar-refractivity contribution in [3.8, 4) is 0 Å². The molecule has 0 saturated carbocycles. The van der Waals surface area contributed by atoms with Crippen molar-refractivity contribution < 1.29 is 29.0 Å². The summed E-state index contributed by atoms with van der Waals surface area (Å²) < 4.78 is 10.2. The highest BCUT2D eigenvalue weighted by atomic mass is 16.5. The number of carbonyl (C=O) groups excluding carboxylic acids is 2. The number of esters is 1. The highest BCUT2D eigenvalue weighted by molar-refractivity contribution is 5.80. The van der Waals surface area contributed by atoms with Crippen LogP contribution >= 0.6 is 0 Å². The molecule has 21 heavy (non-hydrogen) atoms. The SMILES string of the molecule is CCOC(=O)CNC(=O)N1CCC(OCCC(=O)O)CC1. The summed E-state index contributed by atoms with van der Waals surface area (Å²) in [6.45, 7) is 3.08. The van der Waals surface area contributed by atoms with Crippen LogP contribution in [0.1, 0.15) is 26.2 Å². The highest BCUT2D eigenvalue weighted by Gasteiger charge is 2.23. The summed E-state index contributed by atoms with van der Waals surface area (Å²) in [5, 5.41) is 11.0. The molecule has 0 unspecified atom stereocenters. The number of aliphatic carboxylic acids is 1. The molecule has 2 amide bonds. The van der Waals surface area contributed by atoms with Crippen LogP contribution in [0.5, 0.6) is 0 Å². The zero-order valence-corrected chi connectivity index (χ0v) is 12.2. The average Bonchev–Trinajstić information content (AvgIpc) is 2.45. The van der Waals surface area contributed by atoms with E-state index in [2.05, 4.69) is 5.32 Å². The van der Waals surface area contributed by atoms with E-state index in [-0.39, 0.29) is 38.3 Å². The van der Waals surface area contributed by atoms with Crippen LogP contribution in [0, 0.1) is 0 Å². The predicted molar refractivity (Wildman–Crippen MR) is 72.8 cm³/mol. The number of hydrogen-bond acceptors (Lipinski definition) is 5. The first-order chi connectivity index (χ1) is 10.0. The maximum absolute atomic E-state index is 11.8. The normalized spacial score (nSPS) is 15.6. The van der Waals surface area contributed by atoms with E-state index in [0.717, 1.165) is 0 Å². The van der Waals surface area contributed by atoms with Gasteiger partial charge in [-0.25, -0.2) is 4.79 Å². The maximum atomic E-state index is 11.8. The number of piperidine rings is 1. The summed E-state index contributed by atoms with van der Waals surface area (Å²) >= 11 is 0. The van der Waals surface area contributed by atoms with Crippen LogP contribution in [0.15, 0.2) is 0 Å². The van der Waals surface area contributed by atoms with Gasteiger partial charge in [0.05, 0.1) is 25.7 Å². The molecule has 2 N–H and O–H groups in total. The van der Waals surface area contributed by atoms with Crippen LogP contribution in [0.3, 0.4) is 0 Å². The molecule has 1 rings (SSSR count). The zero-order chi connectivity index (χ0) is 15.7. The Hall–Kier alpha value is -1.83. The molecule has 1 aliphatic rings. The largest absolute Gasteiger partial charge is 0.481 e. The quantitative estimate of drug-likeness (QED) is 0.652. The molecule has 120 valence electrons. The minimum absolute atomic E-state index is 0.0137. The van der Waals surface area contributed by atoms with E-state index in [4.69, 9.17) is 14.6 Å². The number of ether oxygens (including phenoxy) is 2. The maximum Gasteiger partial charge on any atom is 0.325 e. The standard InChI is InChI=1S/C13H22N2O6/c1-2-20-12(18)9-14-13(19)15-6-3-10(4-7-15)21-8-5-11(16)17/h10H,2-9H2,1H3,(H,14,19)(H,16,17). The van der Waals surface area contributed by atoms with Crippen molar-refractivity contribution >= 4 is 18.0 Å². The first-order valence-corrected chi connectivity index (χ1v) is 7.04. The third-order valence-corrected chi connectivity index (χ3v) is 3.09. The van der Waals surface area contributed by atoms with Crippen molar-refractivity contribution in [2.24, 2.45) is 0 Å². The van der Waals surface area contributed by atoms with Crippen molar-refractivity contribution in [2.45, 2.75) is 32.3 Å². The number of nitrogens with zero attached hydrogens (tertiary/aromatic N) is 1. The zero-order valence-electron chi connectivity index (χ0n) is 12.2. The van der Waals surface area contributed by atoms with Crippen LogP contribution in [-0.4, -0.2) is 66.9 Å². The average molecular weight is 302 g/mol. The van der Waals surface area contributed by atoms with Crippen LogP contribution in [0.2, 0.25) is 0 Å². The Morgan fingerprint density at radius 2 is 1.95 bits per heavy atom. The van der Waals surface area contributed by atoms with Gasteiger partial charge in [-0.2, -0.15) is 0 Å². The fourth-order valence-electron chi connectivity index (χ4n) is 2.01. The van der Waals surface area contributed by atoms with E-state index < -0.39 is 11.9 Å². The van der Waals surface area contributed by atoms with Crippen LogP contribution in [0.4, 0.5) is 4.79 Å². The summed E-state index contributed by atoms with van der Waals surface area (Å²) in [5.41, 5.74) is 0. The molecular weight excluding hydrogens is 280 g/mol. The second kappa shape index (κ2) is 9.17. The summed E-state index contributed by atoms with van der Waals surface area (Å²) in [6.07, 6.45) is 1.29. The van der Waals surface area contributed by atoms with Gasteiger partial charge in [-0.3, -0.25) is 9.59 Å². The molecule has 0 atom stereocenters. The number of hydrogen-bond donors (Lipinski definition) is 2. The lowest BCUT2D eigenvalue weighted by Crippen LogP contribution is -2.47. The molecule has 0 aromatic carbocycles. The highest BCUT2D eigenvalue weighted by Crippen LogP contribution is 2.13. The molecule has 0 spiro atoms. The number of carboxylic acids is 1. The lowest BCUT2D eigenvalue weighted by Gasteiger charge is -2.31. The molecule has 8 nitrogen and oxygen atoms in total. The van der Waals surface area contributed by atoms with E-state index in [0.29, 0.717) is 25.9 Å². The minimum Gasteiger partial charge on any atom is -0.481 e. The summed E-state index contributed by atoms with van der Waals surface area (Å²) in [6, 6.07) is -0.299. The molecular formula is C13H22N2O6. The Morgan fingerprint density at radius 1 is 1.29 bits per heavy atom. The lowest BCUT2D eigenvalue weighted by molar-refractivity contribution is -0.142. The van der Waals surface area contributed by atoms with Gasteiger partial charge in [0.15, 0.2) is 0 Å². The molecule has 0 aromatic heterocycles. The fraction of sp³-hybridized carbons (Fsp3) is 0.769. The van der Waals surface area contributed by atoms with Crippen molar-refractivity contribution in [3.05, 3.63) is 0 Å². The molecule has 1 saturated heterocycles. The monoisotopic (exact) mass is 302 g/mol. The first kappa shape index (κ1) is 17.2. The Morgan fingerprint density at radius 3 is 2.52 bits per heavy atom. The number of rotatable bonds is 7. The Labute approximate surface area is 123 Å². The Bertz CT molecular complexity index is 366. The minimum atomic E-state index is -0.884. The van der Waals surface area contributed by atoms with E-state index in [1.165, 1.54) is 0 Å². The van der Waals surface area contributed by atoms with Crippen molar-refractivity contribution in [3.63, 3.8) is 0 Å². The van der Waals surface area contributed by atoms with Crippen molar-refractivity contribution in [1.82, 2.24) is 10.2 Å². The number of urea groups is 1. The molecule has 1 fully saturated rings. The third-order valence-electron chi connectivity index (χ3n) is 3.09. The molecule has 8 heteroatoms. The number of likely N-dealkylation sites (tertiary alicyclic amines) is 1. The second-order valence-corrected chi connectivity index (χ2v) is 4.66. The van der Waals surface area contributed by atoms with Gasteiger partial charge in [0, 0.05) is 13.1 Å². The molecule has 0 bridgehead atoms. The van der Waals surface area contributed by atoms with Crippen molar-refractivity contribution in [1.29, 1.82) is 0 Å². The lowest BCUT2D eigenvalue weighted by atomic mass is 10.1. The van der Waals surface area contributed by atoms with Crippen LogP contribution in [0.25, 0.3) is 0 Å². The van der Waals surface area contributed by atoms with E-state index >= 15 is 0 Å². The first-order valence-electron chi connectivity index (χ1n) is 7.04. The van der Waals surface area contributed by atoms with Gasteiger partial charge >= 0.3 is 18.0 Å². The van der Waals surface area contributed by atoms with Crippen LogP contribution in [-0.2, 0) is 19.1 Å². The fourth-order valence-corrected chi connectivity index (χ4v) is 2.01. The summed E-state index contributed by atoms with van der Waals surface area (Å²) in [7, 11) is 0. The predicted octanol–water partition coefficient (Wildman–Crippen LogP) is 0.215. The van der Waals surface area contributed by atoms with Gasteiger partial charge in [-0.05, 0) is 19.8 Å². The molecule has 0 radical (unpaired) electrons. The number of nitrogens with one attached hydrogen (secondary N) is 1. The Balaban J connectivity index is 2.18. The summed E-state index contributed by atoms with van der Waals surface area (Å²) in [5.74, 6) is -1.34. The molecule has 0 aromatic rings. The smallest absolute Gasteiger partial charge is 0.325 e. The van der Waals surface area contributed by atoms with Gasteiger partial charge in [0.2, 0.25) is 0 Å². The van der Waals surface area contributed by atoms with Gasteiger partial charge in [0.1, 0.15) is 6.54 Å². The number of carbonyl (C=O) groups is 3. The Kier molecular flexibility index (Phi) is 7.52. The third kappa shape index (κ3) is 6.94. The number of carboxylic acid groups (broad SMARTS) is 1. The van der Waals surface area contributed by atoms with Gasteiger partial charge < -0.3 is 24.8 Å². The van der Waals surface area contributed by atoms with Gasteiger partial charge in [-0.15, -0.1) is 0 Å². The van der Waals surface area contributed by atoms with E-state index in [1.54, 1.807) is 11.8 Å². The van der Waals surface area contributed by atoms with Gasteiger partial charge in [0.25, 0.3) is 0 Å². The number of amides is 2. The van der Waals surface area contributed by atoms with E-state index in [9.17, 15) is 14.4 Å². The molecule has 1 heterocycles. The molecule has 0 aliphatic carbocycles. The topological polar surface area (TPSA) is 105 Å². The van der Waals surface area contributed by atoms with Gasteiger partial charge in [-0.1, -0.05) is 0 Å². The molecule has 1 aliphatic heterocycles. The second-order valence-electron chi connectivity index (χ2n) is 4.66. The summed E-state index contributed by atoms with van der Waals surface area (Å²) in [4.78, 5) is 34.9. The van der Waals surface area contributed by atoms with Crippen molar-refractivity contribution in [2.75, 3.05) is 32.8 Å². The van der Waals surface area contributed by atoms with Crippen LogP contribution < -0.4 is 5.32 Å².